The van der Waals surface area contributed by atoms with E-state index in [1.54, 1.807) is 57.4 Å². The number of alkyl halides is 3. The molecule has 1 fully saturated rings. The normalized spacial score (nSPS) is 14.1. The quantitative estimate of drug-likeness (QED) is 0.131. The van der Waals surface area contributed by atoms with Crippen molar-refractivity contribution in [1.29, 1.82) is 0 Å². The summed E-state index contributed by atoms with van der Waals surface area (Å²) in [6.45, 7) is 4.65. The zero-order chi connectivity index (χ0) is 32.5. The number of methoxy groups -OCH3 is 1. The van der Waals surface area contributed by atoms with Gasteiger partial charge in [-0.2, -0.15) is 18.2 Å². The molecule has 0 amide bonds. The molecule has 0 unspecified atom stereocenters. The Balaban J connectivity index is 1.48. The lowest BCUT2D eigenvalue weighted by Gasteiger charge is -2.38. The fourth-order valence-electron chi connectivity index (χ4n) is 5.12. The van der Waals surface area contributed by atoms with Crippen molar-refractivity contribution in [3.8, 4) is 11.6 Å². The highest BCUT2D eigenvalue weighted by Gasteiger charge is 2.36. The molecule has 0 aliphatic carbocycles. The number of hydrogen-bond donors (Lipinski definition) is 4. The van der Waals surface area contributed by atoms with Crippen molar-refractivity contribution in [3.63, 3.8) is 0 Å². The maximum Gasteiger partial charge on any atom is 0.421 e. The van der Waals surface area contributed by atoms with Crippen LogP contribution in [0.15, 0.2) is 42.7 Å². The Hall–Kier alpha value is -4.04. The van der Waals surface area contributed by atoms with E-state index in [9.17, 15) is 27.9 Å². The van der Waals surface area contributed by atoms with E-state index < -0.39 is 31.3 Å². The van der Waals surface area contributed by atoms with Crippen LogP contribution in [0.2, 0.25) is 0 Å². The molecule has 5 rings (SSSR count). The number of aryl methyl sites for hydroxylation is 1. The highest BCUT2D eigenvalue weighted by Crippen LogP contribution is 2.52. The van der Waals surface area contributed by atoms with E-state index in [2.05, 4.69) is 20.6 Å². The smallest absolute Gasteiger partial charge is 0.421 e. The molecule has 0 atom stereocenters. The Bertz CT molecular complexity index is 1730. The van der Waals surface area contributed by atoms with Crippen LogP contribution < -0.4 is 20.3 Å². The first-order valence-corrected chi connectivity index (χ1v) is 15.9. The maximum absolute atomic E-state index is 14.1. The molecule has 0 bridgehead atoms. The van der Waals surface area contributed by atoms with Gasteiger partial charge in [0.15, 0.2) is 0 Å². The molecule has 2 aromatic heterocycles. The third-order valence-corrected chi connectivity index (χ3v) is 9.25. The Labute approximate surface area is 257 Å². The summed E-state index contributed by atoms with van der Waals surface area (Å²) < 4.78 is 72.9. The number of fused-ring (bicyclic) bond motifs is 1. The molecule has 0 spiro atoms. The van der Waals surface area contributed by atoms with Crippen LogP contribution in [0, 0.1) is 0 Å². The third kappa shape index (κ3) is 6.81. The molecule has 0 radical (unpaired) electrons. The van der Waals surface area contributed by atoms with Gasteiger partial charge in [-0.1, -0.05) is 6.07 Å². The van der Waals surface area contributed by atoms with Crippen molar-refractivity contribution in [3.05, 3.63) is 53.9 Å². The van der Waals surface area contributed by atoms with E-state index >= 15 is 0 Å². The lowest BCUT2D eigenvalue weighted by atomic mass is 10.1. The van der Waals surface area contributed by atoms with Crippen LogP contribution in [-0.4, -0.2) is 64.3 Å². The van der Waals surface area contributed by atoms with Crippen molar-refractivity contribution in [2.45, 2.75) is 32.3 Å². The minimum absolute atomic E-state index is 0.00585. The van der Waals surface area contributed by atoms with Crippen LogP contribution in [0.25, 0.3) is 10.8 Å². The van der Waals surface area contributed by atoms with Gasteiger partial charge < -0.3 is 44.1 Å². The predicted octanol–water partition coefficient (Wildman–Crippen LogP) is 6.14. The highest BCUT2D eigenvalue weighted by molar-refractivity contribution is 7.53. The average molecular weight is 651 g/mol. The molecular formula is C29H34F3N6O6P. The van der Waals surface area contributed by atoms with Gasteiger partial charge in [-0.25, -0.2) is 4.98 Å². The zero-order valence-electron chi connectivity index (χ0n) is 25.1. The molecule has 1 saturated heterocycles. The highest BCUT2D eigenvalue weighted by atomic mass is 31.2. The summed E-state index contributed by atoms with van der Waals surface area (Å²) in [5.41, 5.74) is 0.752. The average Bonchev–Trinajstić information content (AvgIpc) is 3.26. The maximum atomic E-state index is 14.1. The number of aromatic hydroxyl groups is 1. The molecule has 0 saturated carbocycles. The summed E-state index contributed by atoms with van der Waals surface area (Å²) in [4.78, 5) is 9.95. The Kier molecular flexibility index (Phi) is 9.17. The number of nitrogens with zero attached hydrogens (tertiary/aromatic N) is 4. The Morgan fingerprint density at radius 3 is 2.40 bits per heavy atom. The van der Waals surface area contributed by atoms with E-state index in [-0.39, 0.29) is 36.9 Å². The van der Waals surface area contributed by atoms with Gasteiger partial charge in [0.25, 0.3) is 0 Å². The molecule has 4 aromatic rings. The van der Waals surface area contributed by atoms with Gasteiger partial charge in [-0.05, 0) is 43.7 Å². The van der Waals surface area contributed by atoms with E-state index in [0.717, 1.165) is 5.69 Å². The van der Waals surface area contributed by atoms with Crippen LogP contribution in [-0.2, 0) is 33.0 Å². The van der Waals surface area contributed by atoms with Gasteiger partial charge in [-0.3, -0.25) is 4.57 Å². The molecule has 1 aliphatic rings. The van der Waals surface area contributed by atoms with Crippen molar-refractivity contribution in [1.82, 2.24) is 14.5 Å². The molecule has 1 aliphatic heterocycles. The predicted molar refractivity (Wildman–Crippen MR) is 164 cm³/mol. The molecule has 242 valence electrons. The number of halogens is 3. The Morgan fingerprint density at radius 1 is 1.09 bits per heavy atom. The van der Waals surface area contributed by atoms with Crippen LogP contribution in [0.1, 0.15) is 25.0 Å². The van der Waals surface area contributed by atoms with Gasteiger partial charge in [0.1, 0.15) is 17.1 Å². The van der Waals surface area contributed by atoms with Gasteiger partial charge in [0.05, 0.1) is 49.4 Å². The fourth-order valence-corrected chi connectivity index (χ4v) is 6.81. The van der Waals surface area contributed by atoms with E-state index in [1.807, 2.05) is 4.90 Å². The van der Waals surface area contributed by atoms with Crippen molar-refractivity contribution >= 4 is 47.2 Å². The zero-order valence-corrected chi connectivity index (χ0v) is 25.9. The van der Waals surface area contributed by atoms with Crippen molar-refractivity contribution < 1.29 is 41.7 Å². The van der Waals surface area contributed by atoms with Gasteiger partial charge in [0, 0.05) is 43.6 Å². The topological polar surface area (TPSA) is 143 Å². The van der Waals surface area contributed by atoms with Gasteiger partial charge >= 0.3 is 13.8 Å². The summed E-state index contributed by atoms with van der Waals surface area (Å²) in [7, 11) is -0.361. The standard InChI is InChI=1S/C29H34F3N6O6P/c1-5-43-45(41,44-6-2)16-17-7-8-21(24(11-17)42-4)35-28-33-12-20(29(30,31)32)26(36-28)34-22-9-10-23(38-13-18(39)14-38)19-15-37(3)27(40)25(19)22/h7-12,15,18,39-40H,5-6,13-14,16H2,1-4H3,(H2,33,34,35,36). The number of anilines is 5. The van der Waals surface area contributed by atoms with Crippen LogP contribution >= 0.6 is 7.60 Å². The molecular weight excluding hydrogens is 616 g/mol. The minimum atomic E-state index is -4.79. The molecule has 4 N–H and O–H groups in total. The number of nitrogens with one attached hydrogen (secondary N) is 2. The number of ether oxygens (including phenoxy) is 1. The first-order valence-electron chi connectivity index (χ1n) is 14.1. The monoisotopic (exact) mass is 650 g/mol. The summed E-state index contributed by atoms with van der Waals surface area (Å²) in [5.74, 6) is -0.556. The third-order valence-electron chi connectivity index (χ3n) is 7.19. The lowest BCUT2D eigenvalue weighted by Crippen LogP contribution is -2.50. The van der Waals surface area contributed by atoms with E-state index in [1.165, 1.54) is 11.7 Å². The second-order valence-corrected chi connectivity index (χ2v) is 12.4. The number of aromatic nitrogens is 3. The molecule has 12 nitrogen and oxygen atoms in total. The van der Waals surface area contributed by atoms with Crippen molar-refractivity contribution in [2.75, 3.05) is 48.9 Å². The summed E-state index contributed by atoms with van der Waals surface area (Å²) >= 11 is 0. The van der Waals surface area contributed by atoms with Gasteiger partial charge in [0.2, 0.25) is 11.8 Å². The second kappa shape index (κ2) is 12.8. The number of β-amino-alcohol motifs (C(OH)–C–C–N with tert-alkyl or cyclic N) is 1. The lowest BCUT2D eigenvalue weighted by molar-refractivity contribution is -0.137. The molecule has 3 heterocycles. The fraction of sp³-hybridized carbons (Fsp3) is 0.379. The first kappa shape index (κ1) is 32.4. The van der Waals surface area contributed by atoms with Gasteiger partial charge in [-0.15, -0.1) is 0 Å². The summed E-state index contributed by atoms with van der Waals surface area (Å²) in [6.07, 6.45) is -2.94. The largest absolute Gasteiger partial charge is 0.495 e. The van der Waals surface area contributed by atoms with Crippen LogP contribution in [0.4, 0.5) is 42.0 Å². The van der Waals surface area contributed by atoms with Crippen LogP contribution in [0.3, 0.4) is 0 Å². The number of aliphatic hydroxyl groups is 1. The summed E-state index contributed by atoms with van der Waals surface area (Å²) in [5, 5.41) is 27.1. The Morgan fingerprint density at radius 2 is 1.78 bits per heavy atom. The van der Waals surface area contributed by atoms with E-state index in [4.69, 9.17) is 13.8 Å². The molecule has 16 heteroatoms. The second-order valence-electron chi connectivity index (χ2n) is 10.4. The number of rotatable bonds is 12. The SMILES string of the molecule is CCOP(=O)(Cc1ccc(Nc2ncc(C(F)(F)F)c(Nc3ccc(N4CC(O)C4)c4cn(C)c(O)c34)n2)c(OC)c1)OCC. The number of aliphatic hydroxyl groups excluding tert-OH is 1. The number of hydrogen-bond acceptors (Lipinski definition) is 11. The first-order chi connectivity index (χ1) is 21.4. The summed E-state index contributed by atoms with van der Waals surface area (Å²) in [6, 6.07) is 8.15. The van der Waals surface area contributed by atoms with E-state index in [0.29, 0.717) is 47.1 Å². The van der Waals surface area contributed by atoms with Crippen molar-refractivity contribution in [2.24, 2.45) is 7.05 Å². The number of benzene rings is 2. The molecule has 45 heavy (non-hydrogen) atoms. The minimum Gasteiger partial charge on any atom is -0.495 e. The molecule has 2 aromatic carbocycles. The van der Waals surface area contributed by atoms with Crippen LogP contribution in [0.5, 0.6) is 11.6 Å².